The molecule has 114 valence electrons. The molecule has 0 fully saturated rings. The quantitative estimate of drug-likeness (QED) is 0.616. The largest absolute Gasteiger partial charge is 0.466 e. The van der Waals surface area contributed by atoms with Gasteiger partial charge in [0.15, 0.2) is 9.84 Å². The SMILES string of the molecule is COC(=O)C=Cc1c(S(C)(=O)=O)ccc(C(=O)OC)c1Cl. The van der Waals surface area contributed by atoms with E-state index in [1.807, 2.05) is 0 Å². The van der Waals surface area contributed by atoms with Gasteiger partial charge in [-0.1, -0.05) is 11.6 Å². The fourth-order valence-electron chi connectivity index (χ4n) is 1.54. The van der Waals surface area contributed by atoms with E-state index in [1.165, 1.54) is 32.4 Å². The van der Waals surface area contributed by atoms with Crippen LogP contribution in [0.3, 0.4) is 0 Å². The number of ether oxygens (including phenoxy) is 2. The first-order valence-electron chi connectivity index (χ1n) is 5.59. The second kappa shape index (κ2) is 6.73. The molecule has 0 unspecified atom stereocenters. The van der Waals surface area contributed by atoms with Crippen LogP contribution in [0.1, 0.15) is 15.9 Å². The lowest BCUT2D eigenvalue weighted by atomic mass is 10.1. The van der Waals surface area contributed by atoms with Gasteiger partial charge in [0.1, 0.15) is 0 Å². The van der Waals surface area contributed by atoms with Crippen LogP contribution >= 0.6 is 11.6 Å². The summed E-state index contributed by atoms with van der Waals surface area (Å²) in [7, 11) is -1.25. The summed E-state index contributed by atoms with van der Waals surface area (Å²) in [5, 5.41) is -0.120. The predicted octanol–water partition coefficient (Wildman–Crippen LogP) is 1.72. The summed E-state index contributed by atoms with van der Waals surface area (Å²) in [6, 6.07) is 2.48. The van der Waals surface area contributed by atoms with E-state index in [0.717, 1.165) is 12.3 Å². The molecule has 0 aliphatic rings. The summed E-state index contributed by atoms with van der Waals surface area (Å²) in [6.07, 6.45) is 3.18. The van der Waals surface area contributed by atoms with Crippen molar-refractivity contribution in [2.24, 2.45) is 0 Å². The van der Waals surface area contributed by atoms with Gasteiger partial charge >= 0.3 is 11.9 Å². The molecule has 0 bridgehead atoms. The highest BCUT2D eigenvalue weighted by atomic mass is 35.5. The summed E-state index contributed by atoms with van der Waals surface area (Å²) in [5.74, 6) is -1.40. The van der Waals surface area contributed by atoms with Crippen LogP contribution in [-0.2, 0) is 24.1 Å². The Labute approximate surface area is 127 Å². The van der Waals surface area contributed by atoms with Gasteiger partial charge in [-0.15, -0.1) is 0 Å². The zero-order valence-electron chi connectivity index (χ0n) is 11.5. The van der Waals surface area contributed by atoms with Crippen molar-refractivity contribution in [1.82, 2.24) is 0 Å². The summed E-state index contributed by atoms with van der Waals surface area (Å²) in [5.41, 5.74) is 0.0172. The van der Waals surface area contributed by atoms with E-state index in [1.54, 1.807) is 0 Å². The number of benzene rings is 1. The highest BCUT2D eigenvalue weighted by molar-refractivity contribution is 7.90. The zero-order valence-corrected chi connectivity index (χ0v) is 13.1. The Bertz CT molecular complexity index is 706. The molecule has 0 aliphatic carbocycles. The Hall–Kier alpha value is -1.86. The van der Waals surface area contributed by atoms with Crippen molar-refractivity contribution in [2.45, 2.75) is 4.90 Å². The number of carbonyl (C=O) groups is 2. The standard InChI is InChI=1S/C13H13ClO6S/c1-19-11(15)7-5-8-10(21(3,17)18)6-4-9(12(8)14)13(16)20-2/h4-7H,1-3H3. The van der Waals surface area contributed by atoms with Crippen molar-refractivity contribution in [3.63, 3.8) is 0 Å². The van der Waals surface area contributed by atoms with Gasteiger partial charge in [-0.25, -0.2) is 18.0 Å². The van der Waals surface area contributed by atoms with E-state index < -0.39 is 21.8 Å². The van der Waals surface area contributed by atoms with Crippen LogP contribution in [0.2, 0.25) is 5.02 Å². The maximum absolute atomic E-state index is 11.7. The molecule has 6 nitrogen and oxygen atoms in total. The molecular weight excluding hydrogens is 320 g/mol. The molecule has 0 spiro atoms. The summed E-state index contributed by atoms with van der Waals surface area (Å²) in [6.45, 7) is 0. The predicted molar refractivity (Wildman–Crippen MR) is 77.0 cm³/mol. The highest BCUT2D eigenvalue weighted by Gasteiger charge is 2.20. The molecule has 0 aliphatic heterocycles. The van der Waals surface area contributed by atoms with Crippen molar-refractivity contribution in [3.05, 3.63) is 34.4 Å². The summed E-state index contributed by atoms with van der Waals surface area (Å²) >= 11 is 6.05. The molecule has 0 aromatic heterocycles. The van der Waals surface area contributed by atoms with E-state index in [2.05, 4.69) is 9.47 Å². The number of carbonyl (C=O) groups excluding carboxylic acids is 2. The first-order valence-corrected chi connectivity index (χ1v) is 7.86. The normalized spacial score (nSPS) is 11.4. The van der Waals surface area contributed by atoms with Gasteiger partial charge in [-0.2, -0.15) is 0 Å². The van der Waals surface area contributed by atoms with Crippen molar-refractivity contribution >= 4 is 39.5 Å². The summed E-state index contributed by atoms with van der Waals surface area (Å²) in [4.78, 5) is 22.6. The van der Waals surface area contributed by atoms with Gasteiger partial charge in [0.05, 0.1) is 29.7 Å². The van der Waals surface area contributed by atoms with Gasteiger partial charge in [0, 0.05) is 17.9 Å². The topological polar surface area (TPSA) is 86.7 Å². The third-order valence-corrected chi connectivity index (χ3v) is 4.09. The Morgan fingerprint density at radius 3 is 2.29 bits per heavy atom. The number of esters is 2. The molecule has 0 N–H and O–H groups in total. The molecule has 0 radical (unpaired) electrons. The number of sulfone groups is 1. The number of rotatable bonds is 4. The van der Waals surface area contributed by atoms with Crippen LogP contribution in [0, 0.1) is 0 Å². The fraction of sp³-hybridized carbons (Fsp3) is 0.231. The van der Waals surface area contributed by atoms with Crippen molar-refractivity contribution in [2.75, 3.05) is 20.5 Å². The van der Waals surface area contributed by atoms with Gasteiger partial charge in [-0.3, -0.25) is 0 Å². The van der Waals surface area contributed by atoms with Gasteiger partial charge in [0.2, 0.25) is 0 Å². The van der Waals surface area contributed by atoms with E-state index >= 15 is 0 Å². The molecule has 0 atom stereocenters. The average Bonchev–Trinajstić information content (AvgIpc) is 2.43. The van der Waals surface area contributed by atoms with Crippen LogP contribution in [0.5, 0.6) is 0 Å². The maximum atomic E-state index is 11.7. The lowest BCUT2D eigenvalue weighted by Crippen LogP contribution is -2.07. The van der Waals surface area contributed by atoms with Gasteiger partial charge in [-0.05, 0) is 18.2 Å². The summed E-state index contributed by atoms with van der Waals surface area (Å²) < 4.78 is 32.5. The number of halogens is 1. The van der Waals surface area contributed by atoms with E-state index in [4.69, 9.17) is 11.6 Å². The molecule has 0 saturated carbocycles. The van der Waals surface area contributed by atoms with Crippen molar-refractivity contribution in [1.29, 1.82) is 0 Å². The van der Waals surface area contributed by atoms with Gasteiger partial charge in [0.25, 0.3) is 0 Å². The molecule has 1 aromatic carbocycles. The number of hydrogen-bond acceptors (Lipinski definition) is 6. The molecule has 0 amide bonds. The Kier molecular flexibility index (Phi) is 5.51. The van der Waals surface area contributed by atoms with Crippen LogP contribution in [0.15, 0.2) is 23.1 Å². The lowest BCUT2D eigenvalue weighted by Gasteiger charge is -2.10. The minimum absolute atomic E-state index is 0.00363. The van der Waals surface area contributed by atoms with Gasteiger partial charge < -0.3 is 9.47 Å². The minimum atomic E-state index is -3.60. The zero-order chi connectivity index (χ0) is 16.2. The van der Waals surface area contributed by atoms with Crippen molar-refractivity contribution in [3.8, 4) is 0 Å². The van der Waals surface area contributed by atoms with Crippen molar-refractivity contribution < 1.29 is 27.5 Å². The molecular formula is C13H13ClO6S. The van der Waals surface area contributed by atoms with Crippen LogP contribution in [0.25, 0.3) is 6.08 Å². The second-order valence-corrected chi connectivity index (χ2v) is 6.32. The van der Waals surface area contributed by atoms with E-state index in [-0.39, 0.29) is 21.0 Å². The number of hydrogen-bond donors (Lipinski definition) is 0. The molecule has 8 heteroatoms. The van der Waals surface area contributed by atoms with Crippen LogP contribution in [0.4, 0.5) is 0 Å². The third-order valence-electron chi connectivity index (χ3n) is 2.53. The van der Waals surface area contributed by atoms with E-state index in [9.17, 15) is 18.0 Å². The van der Waals surface area contributed by atoms with Crippen LogP contribution in [-0.4, -0.2) is 40.8 Å². The van der Waals surface area contributed by atoms with E-state index in [0.29, 0.717) is 0 Å². The monoisotopic (exact) mass is 332 g/mol. The molecule has 1 aromatic rings. The fourth-order valence-corrected chi connectivity index (χ4v) is 2.79. The van der Waals surface area contributed by atoms with Crippen LogP contribution < -0.4 is 0 Å². The first-order chi connectivity index (χ1) is 9.72. The maximum Gasteiger partial charge on any atom is 0.339 e. The first kappa shape index (κ1) is 17.2. The molecule has 0 heterocycles. The third kappa shape index (κ3) is 4.05. The number of methoxy groups -OCH3 is 2. The average molecular weight is 333 g/mol. The smallest absolute Gasteiger partial charge is 0.339 e. The molecule has 1 rings (SSSR count). The molecule has 21 heavy (non-hydrogen) atoms. The Balaban J connectivity index is 3.57. The lowest BCUT2D eigenvalue weighted by molar-refractivity contribution is -0.134. The molecule has 0 saturated heterocycles. The Morgan fingerprint density at radius 2 is 1.81 bits per heavy atom. The second-order valence-electron chi connectivity index (χ2n) is 3.96. The minimum Gasteiger partial charge on any atom is -0.466 e. The Morgan fingerprint density at radius 1 is 1.19 bits per heavy atom. The highest BCUT2D eigenvalue weighted by Crippen LogP contribution is 2.29.